The Morgan fingerprint density at radius 2 is 1.53 bits per heavy atom. The molecule has 1 heterocycles. The molecule has 0 aliphatic carbocycles. The maximum absolute atomic E-state index is 13.1. The Balaban J connectivity index is 1.59. The molecule has 36 heavy (non-hydrogen) atoms. The number of nitrogens with zero attached hydrogens (tertiary/aromatic N) is 1. The first kappa shape index (κ1) is 26.4. The molecule has 3 nitrogen and oxygen atoms in total. The first-order chi connectivity index (χ1) is 17.1. The summed E-state index contributed by atoms with van der Waals surface area (Å²) < 4.78 is 55.7. The van der Waals surface area contributed by atoms with Crippen LogP contribution in [0.5, 0.6) is 0 Å². The average Bonchev–Trinajstić information content (AvgIpc) is 3.31. The third-order valence-corrected chi connectivity index (χ3v) is 7.49. The second kappa shape index (κ2) is 11.2. The maximum Gasteiger partial charge on any atom is 0.449 e. The SMILES string of the molecule is Cc1cc(C)c(SN(Cc2ccc(-c3cccc(SO)c3)cc2)Cc2ccc(C(F)(F)F)o2)c(C)c1. The van der Waals surface area contributed by atoms with Gasteiger partial charge in [0.2, 0.25) is 5.76 Å². The summed E-state index contributed by atoms with van der Waals surface area (Å²) in [4.78, 5) is 1.85. The Hall–Kier alpha value is -2.65. The molecule has 1 N–H and O–H groups in total. The number of aryl methyl sites for hydroxylation is 3. The van der Waals surface area contributed by atoms with Gasteiger partial charge in [-0.05, 0) is 84.8 Å². The van der Waals surface area contributed by atoms with Crippen LogP contribution in [0.15, 0.2) is 87.0 Å². The molecule has 0 saturated carbocycles. The molecule has 0 fully saturated rings. The monoisotopic (exact) mass is 529 g/mol. The van der Waals surface area contributed by atoms with Crippen LogP contribution in [0.4, 0.5) is 13.2 Å². The van der Waals surface area contributed by atoms with Crippen LogP contribution in [-0.2, 0) is 19.3 Å². The Bertz CT molecular complexity index is 1310. The first-order valence-electron chi connectivity index (χ1n) is 11.3. The molecule has 4 aromatic rings. The van der Waals surface area contributed by atoms with Crippen LogP contribution in [0, 0.1) is 20.8 Å². The lowest BCUT2D eigenvalue weighted by molar-refractivity contribution is -0.153. The number of halogens is 3. The van der Waals surface area contributed by atoms with E-state index >= 15 is 0 Å². The van der Waals surface area contributed by atoms with E-state index in [-0.39, 0.29) is 12.3 Å². The van der Waals surface area contributed by atoms with Crippen molar-refractivity contribution in [3.63, 3.8) is 0 Å². The molecule has 0 saturated heterocycles. The fourth-order valence-electron chi connectivity index (χ4n) is 4.09. The Morgan fingerprint density at radius 1 is 0.833 bits per heavy atom. The number of hydrogen-bond acceptors (Lipinski definition) is 5. The van der Waals surface area contributed by atoms with E-state index in [9.17, 15) is 17.7 Å². The summed E-state index contributed by atoms with van der Waals surface area (Å²) >= 11 is 2.23. The maximum atomic E-state index is 13.1. The second-order valence-corrected chi connectivity index (χ2v) is 10.5. The van der Waals surface area contributed by atoms with Gasteiger partial charge in [0.15, 0.2) is 0 Å². The van der Waals surface area contributed by atoms with Gasteiger partial charge in [0, 0.05) is 28.4 Å². The van der Waals surface area contributed by atoms with Crippen LogP contribution in [0.2, 0.25) is 0 Å². The molecule has 4 rings (SSSR count). The summed E-state index contributed by atoms with van der Waals surface area (Å²) in [5.41, 5.74) is 6.43. The zero-order valence-electron chi connectivity index (χ0n) is 20.1. The van der Waals surface area contributed by atoms with Crippen molar-refractivity contribution in [2.24, 2.45) is 0 Å². The molecular formula is C28H26F3NO2S2. The van der Waals surface area contributed by atoms with Crippen molar-refractivity contribution in [3.8, 4) is 11.1 Å². The molecule has 0 unspecified atom stereocenters. The zero-order chi connectivity index (χ0) is 25.9. The van der Waals surface area contributed by atoms with E-state index in [1.807, 2.05) is 73.6 Å². The molecule has 0 amide bonds. The van der Waals surface area contributed by atoms with Crippen molar-refractivity contribution in [3.05, 3.63) is 107 Å². The van der Waals surface area contributed by atoms with Gasteiger partial charge < -0.3 is 8.97 Å². The quantitative estimate of drug-likeness (QED) is 0.182. The molecular weight excluding hydrogens is 503 g/mol. The lowest BCUT2D eigenvalue weighted by Gasteiger charge is -2.23. The fourth-order valence-corrected chi connectivity index (χ4v) is 5.48. The number of alkyl halides is 3. The summed E-state index contributed by atoms with van der Waals surface area (Å²) in [7, 11) is 0. The number of benzene rings is 3. The Morgan fingerprint density at radius 3 is 2.14 bits per heavy atom. The van der Waals surface area contributed by atoms with Crippen molar-refractivity contribution in [1.82, 2.24) is 4.31 Å². The van der Waals surface area contributed by atoms with Crippen molar-refractivity contribution < 1.29 is 22.1 Å². The van der Waals surface area contributed by atoms with Crippen molar-refractivity contribution >= 4 is 24.0 Å². The summed E-state index contributed by atoms with van der Waals surface area (Å²) in [6.45, 7) is 6.85. The molecule has 1 aromatic heterocycles. The van der Waals surface area contributed by atoms with Gasteiger partial charge in [0.05, 0.1) is 6.54 Å². The van der Waals surface area contributed by atoms with E-state index in [0.717, 1.165) is 43.7 Å². The summed E-state index contributed by atoms with van der Waals surface area (Å²) in [5.74, 6) is -0.732. The number of rotatable bonds is 8. The fraction of sp³-hybridized carbons (Fsp3) is 0.214. The molecule has 0 atom stereocenters. The van der Waals surface area contributed by atoms with E-state index in [1.54, 1.807) is 0 Å². The average molecular weight is 530 g/mol. The van der Waals surface area contributed by atoms with Gasteiger partial charge >= 0.3 is 6.18 Å². The topological polar surface area (TPSA) is 36.6 Å². The number of hydrogen-bond donors (Lipinski definition) is 1. The highest BCUT2D eigenvalue weighted by Gasteiger charge is 2.35. The van der Waals surface area contributed by atoms with Crippen LogP contribution in [0.1, 0.15) is 33.8 Å². The summed E-state index contributed by atoms with van der Waals surface area (Å²) in [5, 5.41) is 0. The molecule has 0 radical (unpaired) electrons. The van der Waals surface area contributed by atoms with Gasteiger partial charge in [-0.2, -0.15) is 13.2 Å². The van der Waals surface area contributed by atoms with Gasteiger partial charge in [0.25, 0.3) is 0 Å². The van der Waals surface area contributed by atoms with Crippen LogP contribution >= 0.6 is 24.0 Å². The van der Waals surface area contributed by atoms with Crippen molar-refractivity contribution in [1.29, 1.82) is 0 Å². The molecule has 0 spiro atoms. The van der Waals surface area contributed by atoms with Gasteiger partial charge in [-0.15, -0.1) is 0 Å². The molecule has 3 aromatic carbocycles. The third-order valence-electron chi connectivity index (χ3n) is 5.68. The minimum absolute atomic E-state index is 0.213. The van der Waals surface area contributed by atoms with Gasteiger partial charge in [-0.1, -0.05) is 54.1 Å². The van der Waals surface area contributed by atoms with E-state index in [1.165, 1.54) is 23.6 Å². The lowest BCUT2D eigenvalue weighted by Crippen LogP contribution is -2.15. The largest absolute Gasteiger partial charge is 0.455 e. The third kappa shape index (κ3) is 6.56. The zero-order valence-corrected chi connectivity index (χ0v) is 21.7. The predicted octanol–water partition coefficient (Wildman–Crippen LogP) is 9.17. The van der Waals surface area contributed by atoms with Crippen molar-refractivity contribution in [2.75, 3.05) is 0 Å². The van der Waals surface area contributed by atoms with Gasteiger partial charge in [-0.3, -0.25) is 0 Å². The Labute approximate surface area is 217 Å². The standard InChI is InChI=1S/C28H26F3NO2S2/c1-18-13-19(2)27(20(3)14-18)35-32(17-24-11-12-26(34-24)28(29,30)31)16-21-7-9-22(10-8-21)23-5-4-6-25(15-23)36-33/h4-15,33H,16-17H2,1-3H3. The molecule has 0 aliphatic rings. The van der Waals surface area contributed by atoms with Crippen LogP contribution < -0.4 is 0 Å². The van der Waals surface area contributed by atoms with E-state index in [0.29, 0.717) is 18.6 Å². The number of furan rings is 1. The lowest BCUT2D eigenvalue weighted by atomic mass is 10.0. The minimum atomic E-state index is -4.51. The molecule has 8 heteroatoms. The smallest absolute Gasteiger partial charge is 0.449 e. The Kier molecular flexibility index (Phi) is 8.20. The van der Waals surface area contributed by atoms with Crippen LogP contribution in [0.25, 0.3) is 11.1 Å². The van der Waals surface area contributed by atoms with Gasteiger partial charge in [0.1, 0.15) is 5.76 Å². The molecule has 188 valence electrons. The van der Waals surface area contributed by atoms with Gasteiger partial charge in [-0.25, -0.2) is 4.31 Å². The minimum Gasteiger partial charge on any atom is -0.455 e. The summed E-state index contributed by atoms with van der Waals surface area (Å²) in [6.07, 6.45) is -4.51. The highest BCUT2D eigenvalue weighted by atomic mass is 32.2. The normalized spacial score (nSPS) is 11.9. The predicted molar refractivity (Wildman–Crippen MR) is 140 cm³/mol. The second-order valence-electron chi connectivity index (χ2n) is 8.70. The first-order valence-corrected chi connectivity index (χ1v) is 12.8. The van der Waals surface area contributed by atoms with E-state index < -0.39 is 11.9 Å². The van der Waals surface area contributed by atoms with Crippen LogP contribution in [0.3, 0.4) is 0 Å². The summed E-state index contributed by atoms with van der Waals surface area (Å²) in [6, 6.07) is 22.3. The van der Waals surface area contributed by atoms with Crippen molar-refractivity contribution in [2.45, 2.75) is 49.8 Å². The van der Waals surface area contributed by atoms with E-state index in [4.69, 9.17) is 4.42 Å². The highest BCUT2D eigenvalue weighted by Crippen LogP contribution is 2.35. The van der Waals surface area contributed by atoms with E-state index in [2.05, 4.69) is 12.1 Å². The molecule has 0 bridgehead atoms. The van der Waals surface area contributed by atoms with Crippen LogP contribution in [-0.4, -0.2) is 8.86 Å². The molecule has 0 aliphatic heterocycles. The highest BCUT2D eigenvalue weighted by molar-refractivity contribution is 7.97.